The maximum absolute atomic E-state index is 13.2. The molecule has 0 heterocycles. The summed E-state index contributed by atoms with van der Waals surface area (Å²) in [5.41, 5.74) is 2.46. The quantitative estimate of drug-likeness (QED) is 0.888. The third kappa shape index (κ3) is 4.67. The molecule has 0 aliphatic heterocycles. The Morgan fingerprint density at radius 1 is 1.18 bits per heavy atom. The lowest BCUT2D eigenvalue weighted by atomic mass is 10.1. The minimum Gasteiger partial charge on any atom is -0.364 e. The molecule has 1 unspecified atom stereocenters. The summed E-state index contributed by atoms with van der Waals surface area (Å²) in [4.78, 5) is 12.0. The van der Waals surface area contributed by atoms with Crippen molar-refractivity contribution in [1.82, 2.24) is 5.32 Å². The first-order valence-electron chi connectivity index (χ1n) is 7.24. The Bertz CT molecular complexity index is 628. The van der Waals surface area contributed by atoms with Crippen molar-refractivity contribution in [2.45, 2.75) is 33.1 Å². The van der Waals surface area contributed by atoms with E-state index in [9.17, 15) is 9.18 Å². The summed E-state index contributed by atoms with van der Waals surface area (Å²) in [6, 6.07) is 14.5. The number of amides is 1. The molecule has 0 bridgehead atoms. The molecule has 0 aliphatic carbocycles. The highest BCUT2D eigenvalue weighted by Crippen LogP contribution is 2.09. The summed E-state index contributed by atoms with van der Waals surface area (Å²) in [5, 5.41) is 2.80. The van der Waals surface area contributed by atoms with E-state index in [-0.39, 0.29) is 11.7 Å². The fourth-order valence-corrected chi connectivity index (χ4v) is 2.02. The molecule has 116 valence electrons. The van der Waals surface area contributed by atoms with Gasteiger partial charge in [-0.15, -0.1) is 0 Å². The van der Waals surface area contributed by atoms with Crippen LogP contribution in [0, 0.1) is 12.7 Å². The molecule has 0 saturated carbocycles. The van der Waals surface area contributed by atoms with Crippen LogP contribution >= 0.6 is 0 Å². The summed E-state index contributed by atoms with van der Waals surface area (Å²) < 4.78 is 18.7. The molecule has 1 N–H and O–H groups in total. The van der Waals surface area contributed by atoms with Crippen LogP contribution in [-0.2, 0) is 22.7 Å². The normalized spacial score (nSPS) is 12.0. The fourth-order valence-electron chi connectivity index (χ4n) is 2.02. The summed E-state index contributed by atoms with van der Waals surface area (Å²) in [5.74, 6) is -0.424. The molecular weight excluding hydrogens is 281 g/mol. The molecule has 3 nitrogen and oxygen atoms in total. The second kappa shape index (κ2) is 7.71. The molecule has 2 aromatic rings. The summed E-state index contributed by atoms with van der Waals surface area (Å²) in [6.45, 7) is 4.17. The third-order valence-electron chi connectivity index (χ3n) is 3.40. The number of halogens is 1. The Kier molecular flexibility index (Phi) is 5.67. The maximum Gasteiger partial charge on any atom is 0.249 e. The number of carbonyl (C=O) groups is 1. The van der Waals surface area contributed by atoms with E-state index >= 15 is 0 Å². The molecule has 1 amide bonds. The summed E-state index contributed by atoms with van der Waals surface area (Å²) >= 11 is 0. The molecule has 0 aliphatic rings. The monoisotopic (exact) mass is 301 g/mol. The summed E-state index contributed by atoms with van der Waals surface area (Å²) in [7, 11) is 0. The summed E-state index contributed by atoms with van der Waals surface area (Å²) in [6.07, 6.45) is -0.540. The average Bonchev–Trinajstić information content (AvgIpc) is 2.54. The van der Waals surface area contributed by atoms with E-state index in [0.29, 0.717) is 18.7 Å². The lowest BCUT2D eigenvalue weighted by Crippen LogP contribution is -2.34. The standard InChI is InChI=1S/C18H20FNO2/c1-13-10-16(8-9-17(13)19)11-20-18(21)14(2)22-12-15-6-4-3-5-7-15/h3-10,14H,11-12H2,1-2H3,(H,20,21). The van der Waals surface area contributed by atoms with Crippen LogP contribution in [0.25, 0.3) is 0 Å². The zero-order valence-corrected chi connectivity index (χ0v) is 12.8. The first kappa shape index (κ1) is 16.2. The van der Waals surface area contributed by atoms with Crippen molar-refractivity contribution in [3.8, 4) is 0 Å². The highest BCUT2D eigenvalue weighted by Gasteiger charge is 2.13. The molecule has 0 saturated heterocycles. The van der Waals surface area contributed by atoms with Gasteiger partial charge in [-0.05, 0) is 36.6 Å². The van der Waals surface area contributed by atoms with E-state index in [1.165, 1.54) is 6.07 Å². The first-order chi connectivity index (χ1) is 10.6. The molecule has 0 fully saturated rings. The number of carbonyl (C=O) groups excluding carboxylic acids is 1. The van der Waals surface area contributed by atoms with Crippen molar-refractivity contribution in [2.75, 3.05) is 0 Å². The van der Waals surface area contributed by atoms with Crippen LogP contribution in [-0.4, -0.2) is 12.0 Å². The van der Waals surface area contributed by atoms with Crippen molar-refractivity contribution in [1.29, 1.82) is 0 Å². The van der Waals surface area contributed by atoms with Gasteiger partial charge in [0.25, 0.3) is 0 Å². The molecule has 4 heteroatoms. The van der Waals surface area contributed by atoms with Gasteiger partial charge in [0, 0.05) is 6.54 Å². The molecule has 1 atom stereocenters. The average molecular weight is 301 g/mol. The largest absolute Gasteiger partial charge is 0.364 e. The predicted molar refractivity (Wildman–Crippen MR) is 83.7 cm³/mol. The van der Waals surface area contributed by atoms with Crippen molar-refractivity contribution in [2.24, 2.45) is 0 Å². The van der Waals surface area contributed by atoms with Gasteiger partial charge >= 0.3 is 0 Å². The van der Waals surface area contributed by atoms with E-state index < -0.39 is 6.10 Å². The van der Waals surface area contributed by atoms with Crippen LogP contribution in [0.3, 0.4) is 0 Å². The lowest BCUT2D eigenvalue weighted by molar-refractivity contribution is -0.132. The zero-order chi connectivity index (χ0) is 15.9. The second-order valence-corrected chi connectivity index (χ2v) is 5.24. The smallest absolute Gasteiger partial charge is 0.249 e. The van der Waals surface area contributed by atoms with Crippen LogP contribution in [0.4, 0.5) is 4.39 Å². The van der Waals surface area contributed by atoms with Gasteiger partial charge in [0.2, 0.25) is 5.91 Å². The predicted octanol–water partition coefficient (Wildman–Crippen LogP) is 3.36. The van der Waals surface area contributed by atoms with Gasteiger partial charge in [-0.1, -0.05) is 42.5 Å². The lowest BCUT2D eigenvalue weighted by Gasteiger charge is -2.14. The van der Waals surface area contributed by atoms with Gasteiger partial charge in [-0.3, -0.25) is 4.79 Å². The molecular formula is C18H20FNO2. The van der Waals surface area contributed by atoms with E-state index in [4.69, 9.17) is 4.74 Å². The Balaban J connectivity index is 1.79. The third-order valence-corrected chi connectivity index (χ3v) is 3.40. The zero-order valence-electron chi connectivity index (χ0n) is 12.8. The topological polar surface area (TPSA) is 38.3 Å². The molecule has 0 aromatic heterocycles. The van der Waals surface area contributed by atoms with Crippen LogP contribution in [0.2, 0.25) is 0 Å². The second-order valence-electron chi connectivity index (χ2n) is 5.24. The van der Waals surface area contributed by atoms with Gasteiger partial charge in [0.05, 0.1) is 6.61 Å². The van der Waals surface area contributed by atoms with Gasteiger partial charge in [0.1, 0.15) is 11.9 Å². The van der Waals surface area contributed by atoms with Gasteiger partial charge in [-0.25, -0.2) is 4.39 Å². The van der Waals surface area contributed by atoms with Crippen LogP contribution in [0.5, 0.6) is 0 Å². The Morgan fingerprint density at radius 2 is 1.91 bits per heavy atom. The Morgan fingerprint density at radius 3 is 2.59 bits per heavy atom. The minimum atomic E-state index is -0.540. The van der Waals surface area contributed by atoms with Crippen LogP contribution in [0.15, 0.2) is 48.5 Å². The van der Waals surface area contributed by atoms with E-state index in [0.717, 1.165) is 11.1 Å². The van der Waals surface area contributed by atoms with Crippen molar-refractivity contribution in [3.63, 3.8) is 0 Å². The van der Waals surface area contributed by atoms with Gasteiger partial charge in [0.15, 0.2) is 0 Å². The van der Waals surface area contributed by atoms with Crippen LogP contribution < -0.4 is 5.32 Å². The van der Waals surface area contributed by atoms with Crippen molar-refractivity contribution >= 4 is 5.91 Å². The number of hydrogen-bond acceptors (Lipinski definition) is 2. The first-order valence-corrected chi connectivity index (χ1v) is 7.24. The van der Waals surface area contributed by atoms with Gasteiger partial charge < -0.3 is 10.1 Å². The minimum absolute atomic E-state index is 0.182. The number of nitrogens with one attached hydrogen (secondary N) is 1. The van der Waals surface area contributed by atoms with Crippen molar-refractivity contribution in [3.05, 3.63) is 71.0 Å². The van der Waals surface area contributed by atoms with Crippen LogP contribution in [0.1, 0.15) is 23.6 Å². The molecule has 0 radical (unpaired) electrons. The highest BCUT2D eigenvalue weighted by atomic mass is 19.1. The number of benzene rings is 2. The highest BCUT2D eigenvalue weighted by molar-refractivity contribution is 5.80. The molecule has 2 aromatic carbocycles. The van der Waals surface area contributed by atoms with E-state index in [2.05, 4.69) is 5.32 Å². The number of aryl methyl sites for hydroxylation is 1. The molecule has 2 rings (SSSR count). The maximum atomic E-state index is 13.2. The number of rotatable bonds is 6. The Hall–Kier alpha value is -2.20. The molecule has 0 spiro atoms. The molecule has 22 heavy (non-hydrogen) atoms. The van der Waals surface area contributed by atoms with E-state index in [1.54, 1.807) is 26.0 Å². The fraction of sp³-hybridized carbons (Fsp3) is 0.278. The SMILES string of the molecule is Cc1cc(CNC(=O)C(C)OCc2ccccc2)ccc1F. The van der Waals surface area contributed by atoms with Gasteiger partial charge in [-0.2, -0.15) is 0 Å². The number of hydrogen-bond donors (Lipinski definition) is 1. The number of ether oxygens (including phenoxy) is 1. The van der Waals surface area contributed by atoms with E-state index in [1.807, 2.05) is 30.3 Å². The Labute approximate surface area is 130 Å². The van der Waals surface area contributed by atoms with Crippen molar-refractivity contribution < 1.29 is 13.9 Å².